The summed E-state index contributed by atoms with van der Waals surface area (Å²) in [4.78, 5) is 11.7. The van der Waals surface area contributed by atoms with Crippen molar-refractivity contribution in [1.29, 1.82) is 0 Å². The Morgan fingerprint density at radius 3 is 2.50 bits per heavy atom. The number of aryl methyl sites for hydroxylation is 1. The highest BCUT2D eigenvalue weighted by molar-refractivity contribution is 7.86. The van der Waals surface area contributed by atoms with E-state index in [9.17, 15) is 9.00 Å². The molecule has 0 saturated heterocycles. The smallest absolute Gasteiger partial charge is 0.335 e. The van der Waals surface area contributed by atoms with Crippen molar-refractivity contribution in [2.24, 2.45) is 0 Å². The standard InChI is InChI=1S/C12H14O3S/c1-7-3-6-10(12(13)14)8(2)11(7)16(15)9-4-5-9/h3,6,9H,4-5H2,1-2H3,(H,13,14)/t16-/m0/s1. The van der Waals surface area contributed by atoms with Gasteiger partial charge in [0, 0.05) is 10.1 Å². The van der Waals surface area contributed by atoms with Gasteiger partial charge in [-0.05, 0) is 43.9 Å². The van der Waals surface area contributed by atoms with E-state index in [0.717, 1.165) is 23.3 Å². The fraction of sp³-hybridized carbons (Fsp3) is 0.417. The molecule has 1 saturated carbocycles. The molecule has 0 heterocycles. The summed E-state index contributed by atoms with van der Waals surface area (Å²) < 4.78 is 12.1. The molecule has 86 valence electrons. The third-order valence-corrected chi connectivity index (χ3v) is 4.97. The van der Waals surface area contributed by atoms with Gasteiger partial charge in [0.25, 0.3) is 0 Å². The lowest BCUT2D eigenvalue weighted by atomic mass is 10.1. The van der Waals surface area contributed by atoms with Crippen LogP contribution in [0.5, 0.6) is 0 Å². The summed E-state index contributed by atoms with van der Waals surface area (Å²) in [7, 11) is -1.04. The Morgan fingerprint density at radius 2 is 2.00 bits per heavy atom. The fourth-order valence-electron chi connectivity index (χ4n) is 1.82. The molecule has 0 aromatic heterocycles. The Morgan fingerprint density at radius 1 is 1.38 bits per heavy atom. The van der Waals surface area contributed by atoms with Crippen molar-refractivity contribution in [3.63, 3.8) is 0 Å². The first-order valence-corrected chi connectivity index (χ1v) is 6.47. The minimum Gasteiger partial charge on any atom is -0.478 e. The van der Waals surface area contributed by atoms with Gasteiger partial charge in [-0.2, -0.15) is 0 Å². The van der Waals surface area contributed by atoms with Gasteiger partial charge in [0.05, 0.1) is 16.4 Å². The zero-order valence-electron chi connectivity index (χ0n) is 9.32. The van der Waals surface area contributed by atoms with E-state index in [2.05, 4.69) is 0 Å². The van der Waals surface area contributed by atoms with Crippen molar-refractivity contribution in [3.8, 4) is 0 Å². The molecular formula is C12H14O3S. The Labute approximate surface area is 96.9 Å². The van der Waals surface area contributed by atoms with E-state index < -0.39 is 16.8 Å². The topological polar surface area (TPSA) is 54.4 Å². The van der Waals surface area contributed by atoms with Crippen LogP contribution in [0.25, 0.3) is 0 Å². The van der Waals surface area contributed by atoms with E-state index in [1.165, 1.54) is 0 Å². The summed E-state index contributed by atoms with van der Waals surface area (Å²) >= 11 is 0. The summed E-state index contributed by atoms with van der Waals surface area (Å²) in [5, 5.41) is 9.26. The van der Waals surface area contributed by atoms with Gasteiger partial charge in [0.2, 0.25) is 0 Å². The van der Waals surface area contributed by atoms with Crippen LogP contribution in [0.2, 0.25) is 0 Å². The Bertz CT molecular complexity index is 475. The number of benzene rings is 1. The molecule has 0 aliphatic heterocycles. The van der Waals surface area contributed by atoms with Gasteiger partial charge in [0.1, 0.15) is 0 Å². The van der Waals surface area contributed by atoms with Gasteiger partial charge in [0.15, 0.2) is 0 Å². The summed E-state index contributed by atoms with van der Waals surface area (Å²) in [5.74, 6) is -0.952. The van der Waals surface area contributed by atoms with Crippen LogP contribution in [0.1, 0.15) is 34.3 Å². The minimum absolute atomic E-state index is 0.237. The maximum Gasteiger partial charge on any atom is 0.335 e. The molecule has 0 amide bonds. The molecule has 2 rings (SSSR count). The number of carboxylic acids is 1. The number of hydrogen-bond donors (Lipinski definition) is 1. The van der Waals surface area contributed by atoms with E-state index in [4.69, 9.17) is 5.11 Å². The lowest BCUT2D eigenvalue weighted by Crippen LogP contribution is -2.08. The Hall–Kier alpha value is -1.16. The van der Waals surface area contributed by atoms with Crippen LogP contribution in [0.4, 0.5) is 0 Å². The third kappa shape index (κ3) is 1.89. The van der Waals surface area contributed by atoms with Crippen molar-refractivity contribution < 1.29 is 14.1 Å². The van der Waals surface area contributed by atoms with Crippen LogP contribution >= 0.6 is 0 Å². The monoisotopic (exact) mass is 238 g/mol. The van der Waals surface area contributed by atoms with Crippen LogP contribution in [-0.4, -0.2) is 20.5 Å². The number of carboxylic acid groups (broad SMARTS) is 1. The molecule has 1 aliphatic rings. The molecule has 1 N–H and O–H groups in total. The van der Waals surface area contributed by atoms with Crippen molar-refractivity contribution in [1.82, 2.24) is 0 Å². The summed E-state index contributed by atoms with van der Waals surface area (Å²) in [6.45, 7) is 3.63. The second-order valence-corrected chi connectivity index (χ2v) is 5.86. The molecule has 1 fully saturated rings. The van der Waals surface area contributed by atoms with Crippen molar-refractivity contribution in [3.05, 3.63) is 28.8 Å². The van der Waals surface area contributed by atoms with Crippen molar-refractivity contribution >= 4 is 16.8 Å². The predicted octanol–water partition coefficient (Wildman–Crippen LogP) is 2.27. The van der Waals surface area contributed by atoms with Crippen LogP contribution in [-0.2, 0) is 10.8 Å². The molecule has 0 bridgehead atoms. The lowest BCUT2D eigenvalue weighted by molar-refractivity contribution is 0.0696. The van der Waals surface area contributed by atoms with Crippen molar-refractivity contribution in [2.45, 2.75) is 36.8 Å². The van der Waals surface area contributed by atoms with Gasteiger partial charge in [-0.3, -0.25) is 4.21 Å². The third-order valence-electron chi connectivity index (χ3n) is 2.86. The second kappa shape index (κ2) is 4.01. The van der Waals surface area contributed by atoms with Crippen LogP contribution in [0.3, 0.4) is 0 Å². The molecule has 16 heavy (non-hydrogen) atoms. The van der Waals surface area contributed by atoms with E-state index >= 15 is 0 Å². The van der Waals surface area contributed by atoms with Crippen LogP contribution in [0, 0.1) is 13.8 Å². The highest BCUT2D eigenvalue weighted by Crippen LogP contribution is 2.34. The Balaban J connectivity index is 2.53. The summed E-state index contributed by atoms with van der Waals surface area (Å²) in [5.41, 5.74) is 1.83. The maximum atomic E-state index is 12.1. The molecular weight excluding hydrogens is 224 g/mol. The van der Waals surface area contributed by atoms with E-state index in [0.29, 0.717) is 5.56 Å². The average molecular weight is 238 g/mol. The fourth-order valence-corrected chi connectivity index (χ4v) is 3.51. The first-order chi connectivity index (χ1) is 7.52. The molecule has 1 aliphatic carbocycles. The molecule has 1 atom stereocenters. The number of aromatic carboxylic acids is 1. The first-order valence-electron chi connectivity index (χ1n) is 5.26. The second-order valence-electron chi connectivity index (χ2n) is 4.19. The van der Waals surface area contributed by atoms with E-state index in [-0.39, 0.29) is 10.8 Å². The number of rotatable bonds is 3. The van der Waals surface area contributed by atoms with E-state index in [1.54, 1.807) is 19.1 Å². The largest absolute Gasteiger partial charge is 0.478 e. The molecule has 0 spiro atoms. The molecule has 3 nitrogen and oxygen atoms in total. The van der Waals surface area contributed by atoms with E-state index in [1.807, 2.05) is 6.92 Å². The van der Waals surface area contributed by atoms with Gasteiger partial charge in [-0.25, -0.2) is 4.79 Å². The van der Waals surface area contributed by atoms with Crippen LogP contribution < -0.4 is 0 Å². The summed E-state index contributed by atoms with van der Waals surface area (Å²) in [6.07, 6.45) is 1.98. The predicted molar refractivity (Wildman–Crippen MR) is 62.3 cm³/mol. The molecule has 4 heteroatoms. The molecule has 0 radical (unpaired) electrons. The highest BCUT2D eigenvalue weighted by atomic mass is 32.2. The zero-order valence-corrected chi connectivity index (χ0v) is 10.1. The zero-order chi connectivity index (χ0) is 11.9. The van der Waals surface area contributed by atoms with Gasteiger partial charge in [-0.15, -0.1) is 0 Å². The normalized spacial score (nSPS) is 17.1. The maximum absolute atomic E-state index is 12.1. The van der Waals surface area contributed by atoms with Crippen molar-refractivity contribution in [2.75, 3.05) is 0 Å². The first kappa shape index (κ1) is 11.3. The van der Waals surface area contributed by atoms with Gasteiger partial charge >= 0.3 is 5.97 Å². The van der Waals surface area contributed by atoms with Crippen LogP contribution in [0.15, 0.2) is 17.0 Å². The molecule has 1 aromatic carbocycles. The molecule has 0 unspecified atom stereocenters. The summed E-state index contributed by atoms with van der Waals surface area (Å²) in [6, 6.07) is 3.33. The highest BCUT2D eigenvalue weighted by Gasteiger charge is 2.31. The Kier molecular flexibility index (Phi) is 2.84. The van der Waals surface area contributed by atoms with Gasteiger partial charge < -0.3 is 5.11 Å². The minimum atomic E-state index is -1.04. The molecule has 1 aromatic rings. The average Bonchev–Trinajstić information content (AvgIpc) is 2.99. The number of carbonyl (C=O) groups is 1. The van der Waals surface area contributed by atoms with Gasteiger partial charge in [-0.1, -0.05) is 6.07 Å². The lowest BCUT2D eigenvalue weighted by Gasteiger charge is -2.11. The quantitative estimate of drug-likeness (QED) is 0.878. The number of hydrogen-bond acceptors (Lipinski definition) is 2. The SMILES string of the molecule is Cc1ccc(C(=O)O)c(C)c1[S@@](=O)C1CC1.